The summed E-state index contributed by atoms with van der Waals surface area (Å²) in [6, 6.07) is 21.9. The van der Waals surface area contributed by atoms with Crippen molar-refractivity contribution in [3.8, 4) is 11.5 Å². The average molecular weight is 488 g/mol. The molecule has 0 saturated heterocycles. The number of carboxylic acids is 1. The van der Waals surface area contributed by atoms with Gasteiger partial charge >= 0.3 is 5.97 Å². The largest absolute Gasteiger partial charge is 0.493 e. The molecule has 0 aromatic heterocycles. The molecule has 0 bridgehead atoms. The zero-order valence-electron chi connectivity index (χ0n) is 21.2. The number of carbonyl (C=O) groups excluding carboxylic acids is 1. The van der Waals surface area contributed by atoms with E-state index in [9.17, 15) is 14.7 Å². The minimum atomic E-state index is -1.09. The SMILES string of the molecule is COc1cc(/C=C/C(=O)N[C@@H](Cc2ccccc2)C(=O)O)ccc1OCc1ccc(C(C)(C)C)cc1. The fraction of sp³-hybridized carbons (Fsp3) is 0.267. The summed E-state index contributed by atoms with van der Waals surface area (Å²) in [7, 11) is 1.56. The van der Waals surface area contributed by atoms with Gasteiger partial charge in [0, 0.05) is 12.5 Å². The molecule has 0 radical (unpaired) electrons. The second-order valence-corrected chi connectivity index (χ2v) is 9.57. The van der Waals surface area contributed by atoms with Crippen molar-refractivity contribution in [2.24, 2.45) is 0 Å². The summed E-state index contributed by atoms with van der Waals surface area (Å²) in [5, 5.41) is 12.0. The molecular weight excluding hydrogens is 454 g/mol. The van der Waals surface area contributed by atoms with Crippen LogP contribution in [0.1, 0.15) is 43.0 Å². The van der Waals surface area contributed by atoms with Gasteiger partial charge in [0.25, 0.3) is 0 Å². The van der Waals surface area contributed by atoms with Gasteiger partial charge in [-0.25, -0.2) is 4.79 Å². The Labute approximate surface area is 212 Å². The van der Waals surface area contributed by atoms with E-state index in [4.69, 9.17) is 9.47 Å². The zero-order valence-corrected chi connectivity index (χ0v) is 21.2. The molecule has 6 nitrogen and oxygen atoms in total. The van der Waals surface area contributed by atoms with E-state index in [-0.39, 0.29) is 11.8 Å². The lowest BCUT2D eigenvalue weighted by Gasteiger charge is -2.19. The van der Waals surface area contributed by atoms with Gasteiger partial charge in [0.2, 0.25) is 5.91 Å². The fourth-order valence-corrected chi connectivity index (χ4v) is 3.61. The van der Waals surface area contributed by atoms with Crippen LogP contribution in [-0.4, -0.2) is 30.1 Å². The maximum Gasteiger partial charge on any atom is 0.326 e. The van der Waals surface area contributed by atoms with Gasteiger partial charge in [-0.2, -0.15) is 0 Å². The molecule has 0 spiro atoms. The summed E-state index contributed by atoms with van der Waals surface area (Å²) in [6.07, 6.45) is 3.12. The summed E-state index contributed by atoms with van der Waals surface area (Å²) in [5.74, 6) is -0.447. The Kier molecular flexibility index (Phi) is 8.90. The molecule has 188 valence electrons. The van der Waals surface area contributed by atoms with E-state index in [1.54, 1.807) is 25.3 Å². The molecule has 0 aliphatic carbocycles. The topological polar surface area (TPSA) is 84.9 Å². The number of benzene rings is 3. The van der Waals surface area contributed by atoms with E-state index < -0.39 is 17.9 Å². The third-order valence-electron chi connectivity index (χ3n) is 5.73. The number of methoxy groups -OCH3 is 1. The zero-order chi connectivity index (χ0) is 26.1. The second-order valence-electron chi connectivity index (χ2n) is 9.57. The molecule has 0 heterocycles. The molecule has 36 heavy (non-hydrogen) atoms. The smallest absolute Gasteiger partial charge is 0.326 e. The van der Waals surface area contributed by atoms with Gasteiger partial charge in [-0.05, 0) is 45.9 Å². The highest BCUT2D eigenvalue weighted by atomic mass is 16.5. The number of aliphatic carboxylic acids is 1. The Morgan fingerprint density at radius 2 is 1.64 bits per heavy atom. The lowest BCUT2D eigenvalue weighted by molar-refractivity contribution is -0.141. The van der Waals surface area contributed by atoms with Crippen LogP contribution in [0.5, 0.6) is 11.5 Å². The minimum absolute atomic E-state index is 0.0965. The van der Waals surface area contributed by atoms with Gasteiger partial charge < -0.3 is 19.9 Å². The number of carbonyl (C=O) groups is 2. The van der Waals surface area contributed by atoms with Crippen LogP contribution in [0.2, 0.25) is 0 Å². The number of carboxylic acid groups (broad SMARTS) is 1. The predicted molar refractivity (Wildman–Crippen MR) is 141 cm³/mol. The third-order valence-corrected chi connectivity index (χ3v) is 5.73. The van der Waals surface area contributed by atoms with Crippen molar-refractivity contribution in [1.82, 2.24) is 5.32 Å². The first-order valence-electron chi connectivity index (χ1n) is 11.8. The number of nitrogens with one attached hydrogen (secondary N) is 1. The molecule has 0 aliphatic rings. The van der Waals surface area contributed by atoms with Crippen LogP contribution in [0.4, 0.5) is 0 Å². The highest BCUT2D eigenvalue weighted by molar-refractivity contribution is 5.94. The normalized spacial score (nSPS) is 12.2. The van der Waals surface area contributed by atoms with Gasteiger partial charge in [0.15, 0.2) is 11.5 Å². The van der Waals surface area contributed by atoms with E-state index in [1.807, 2.05) is 36.4 Å². The van der Waals surface area contributed by atoms with E-state index in [0.29, 0.717) is 18.1 Å². The van der Waals surface area contributed by atoms with Crippen molar-refractivity contribution in [2.45, 2.75) is 45.3 Å². The molecule has 3 rings (SSSR count). The Morgan fingerprint density at radius 1 is 0.944 bits per heavy atom. The van der Waals surface area contributed by atoms with Gasteiger partial charge in [0.05, 0.1) is 7.11 Å². The van der Waals surface area contributed by atoms with Gasteiger partial charge in [-0.3, -0.25) is 4.79 Å². The van der Waals surface area contributed by atoms with Crippen molar-refractivity contribution in [3.05, 3.63) is 101 Å². The summed E-state index contributed by atoms with van der Waals surface area (Å²) < 4.78 is 11.4. The van der Waals surface area contributed by atoms with Gasteiger partial charge in [0.1, 0.15) is 12.6 Å². The Hall–Kier alpha value is -4.06. The standard InChI is InChI=1S/C30H33NO5/c1-30(2,3)24-14-10-23(11-15-24)20-36-26-16-12-22(19-27(26)35-4)13-17-28(32)31-25(29(33)34)18-21-8-6-5-7-9-21/h5-17,19,25H,18,20H2,1-4H3,(H,31,32)(H,33,34)/b17-13+/t25-/m0/s1. The molecule has 0 aliphatic heterocycles. The Bertz CT molecular complexity index is 1190. The van der Waals surface area contributed by atoms with Crippen molar-refractivity contribution < 1.29 is 24.2 Å². The third kappa shape index (κ3) is 7.73. The minimum Gasteiger partial charge on any atom is -0.493 e. The van der Waals surface area contributed by atoms with E-state index >= 15 is 0 Å². The molecule has 6 heteroatoms. The van der Waals surface area contributed by atoms with Crippen LogP contribution in [0, 0.1) is 0 Å². The van der Waals surface area contributed by atoms with E-state index in [0.717, 1.165) is 16.7 Å². The monoisotopic (exact) mass is 487 g/mol. The molecule has 1 atom stereocenters. The highest BCUT2D eigenvalue weighted by Crippen LogP contribution is 2.30. The number of amides is 1. The fourth-order valence-electron chi connectivity index (χ4n) is 3.61. The van der Waals surface area contributed by atoms with Gasteiger partial charge in [-0.15, -0.1) is 0 Å². The van der Waals surface area contributed by atoms with Crippen LogP contribution >= 0.6 is 0 Å². The Balaban J connectivity index is 1.61. The molecule has 2 N–H and O–H groups in total. The quantitative estimate of drug-likeness (QED) is 0.374. The summed E-state index contributed by atoms with van der Waals surface area (Å²) >= 11 is 0. The maximum absolute atomic E-state index is 12.4. The molecule has 3 aromatic carbocycles. The summed E-state index contributed by atoms with van der Waals surface area (Å²) in [5.41, 5.74) is 3.96. The molecule has 3 aromatic rings. The van der Waals surface area contributed by atoms with E-state index in [1.165, 1.54) is 11.6 Å². The van der Waals surface area contributed by atoms with Crippen molar-refractivity contribution >= 4 is 18.0 Å². The molecule has 0 fully saturated rings. The lowest BCUT2D eigenvalue weighted by atomic mass is 9.87. The predicted octanol–water partition coefficient (Wildman–Crippen LogP) is 5.40. The number of hydrogen-bond donors (Lipinski definition) is 2. The van der Waals surface area contributed by atoms with Crippen molar-refractivity contribution in [2.75, 3.05) is 7.11 Å². The van der Waals surface area contributed by atoms with E-state index in [2.05, 4.69) is 50.4 Å². The first kappa shape index (κ1) is 26.5. The van der Waals surface area contributed by atoms with Crippen LogP contribution in [0.3, 0.4) is 0 Å². The van der Waals surface area contributed by atoms with Gasteiger partial charge in [-0.1, -0.05) is 81.4 Å². The number of rotatable bonds is 10. The van der Waals surface area contributed by atoms with Crippen molar-refractivity contribution in [1.29, 1.82) is 0 Å². The number of ether oxygens (including phenoxy) is 2. The van der Waals surface area contributed by atoms with Crippen LogP contribution in [0.15, 0.2) is 78.9 Å². The van der Waals surface area contributed by atoms with Crippen LogP contribution in [-0.2, 0) is 28.0 Å². The molecular formula is C30H33NO5. The highest BCUT2D eigenvalue weighted by Gasteiger charge is 2.19. The van der Waals surface area contributed by atoms with Crippen molar-refractivity contribution in [3.63, 3.8) is 0 Å². The molecule has 1 amide bonds. The van der Waals surface area contributed by atoms with Crippen LogP contribution in [0.25, 0.3) is 6.08 Å². The Morgan fingerprint density at radius 3 is 2.25 bits per heavy atom. The first-order chi connectivity index (χ1) is 17.2. The molecule has 0 saturated carbocycles. The summed E-state index contributed by atoms with van der Waals surface area (Å²) in [4.78, 5) is 24.0. The average Bonchev–Trinajstić information content (AvgIpc) is 2.86. The van der Waals surface area contributed by atoms with Crippen LogP contribution < -0.4 is 14.8 Å². The first-order valence-corrected chi connectivity index (χ1v) is 11.8. The maximum atomic E-state index is 12.4. The summed E-state index contributed by atoms with van der Waals surface area (Å²) in [6.45, 7) is 6.94. The number of hydrogen-bond acceptors (Lipinski definition) is 4. The lowest BCUT2D eigenvalue weighted by Crippen LogP contribution is -2.41. The molecule has 0 unspecified atom stereocenters. The second kappa shape index (κ2) is 12.1.